The SMILES string of the molecule is CCC1c2ccc(Br)cc2CC1C.CCCOC. The second-order valence-corrected chi connectivity index (χ2v) is 5.95. The van der Waals surface area contributed by atoms with E-state index in [-0.39, 0.29) is 0 Å². The van der Waals surface area contributed by atoms with Gasteiger partial charge in [-0.05, 0) is 54.4 Å². The average Bonchev–Trinajstić information content (AvgIpc) is 2.65. The van der Waals surface area contributed by atoms with Gasteiger partial charge in [-0.25, -0.2) is 0 Å². The smallest absolute Gasteiger partial charge is 0.0459 e. The summed E-state index contributed by atoms with van der Waals surface area (Å²) >= 11 is 3.53. The molecule has 2 heteroatoms. The first-order chi connectivity index (χ1) is 8.63. The third-order valence-corrected chi connectivity index (χ3v) is 4.07. The summed E-state index contributed by atoms with van der Waals surface area (Å²) in [6.45, 7) is 7.63. The van der Waals surface area contributed by atoms with Crippen molar-refractivity contribution in [2.75, 3.05) is 13.7 Å². The number of ether oxygens (including phenoxy) is 1. The molecule has 0 heterocycles. The molecule has 0 amide bonds. The van der Waals surface area contributed by atoms with Gasteiger partial charge in [-0.3, -0.25) is 0 Å². The summed E-state index contributed by atoms with van der Waals surface area (Å²) in [5.74, 6) is 1.62. The second-order valence-electron chi connectivity index (χ2n) is 5.03. The van der Waals surface area contributed by atoms with Crippen LogP contribution in [0.3, 0.4) is 0 Å². The lowest BCUT2D eigenvalue weighted by molar-refractivity contribution is 0.199. The maximum atomic E-state index is 4.69. The van der Waals surface area contributed by atoms with Gasteiger partial charge in [0.15, 0.2) is 0 Å². The highest BCUT2D eigenvalue weighted by Gasteiger charge is 2.27. The van der Waals surface area contributed by atoms with E-state index in [4.69, 9.17) is 4.74 Å². The van der Waals surface area contributed by atoms with Gasteiger partial charge in [0.2, 0.25) is 0 Å². The zero-order chi connectivity index (χ0) is 13.5. The van der Waals surface area contributed by atoms with E-state index in [1.807, 2.05) is 0 Å². The Morgan fingerprint density at radius 1 is 1.33 bits per heavy atom. The minimum atomic E-state index is 0.795. The molecule has 0 N–H and O–H groups in total. The standard InChI is InChI=1S/C12H15Br.C4H10O/c1-3-11-8(2)6-9-7-10(13)4-5-12(9)11;1-3-4-5-2/h4-5,7-8,11H,3,6H2,1-2H3;3-4H2,1-2H3. The van der Waals surface area contributed by atoms with E-state index in [2.05, 4.69) is 54.9 Å². The first kappa shape index (κ1) is 15.7. The van der Waals surface area contributed by atoms with Crippen molar-refractivity contribution in [3.8, 4) is 0 Å². The molecule has 1 nitrogen and oxygen atoms in total. The Morgan fingerprint density at radius 3 is 2.56 bits per heavy atom. The van der Waals surface area contributed by atoms with Crippen molar-refractivity contribution in [1.82, 2.24) is 0 Å². The van der Waals surface area contributed by atoms with Crippen LogP contribution in [0.4, 0.5) is 0 Å². The van der Waals surface area contributed by atoms with Crippen molar-refractivity contribution in [3.05, 3.63) is 33.8 Å². The zero-order valence-electron chi connectivity index (χ0n) is 12.0. The molecule has 18 heavy (non-hydrogen) atoms. The van der Waals surface area contributed by atoms with E-state index < -0.39 is 0 Å². The van der Waals surface area contributed by atoms with Crippen LogP contribution in [0.15, 0.2) is 22.7 Å². The molecule has 1 aliphatic carbocycles. The number of rotatable bonds is 3. The third-order valence-electron chi connectivity index (χ3n) is 3.58. The Morgan fingerprint density at radius 2 is 2.06 bits per heavy atom. The number of fused-ring (bicyclic) bond motifs is 1. The van der Waals surface area contributed by atoms with E-state index in [0.717, 1.165) is 24.9 Å². The van der Waals surface area contributed by atoms with Gasteiger partial charge in [-0.1, -0.05) is 42.8 Å². The number of methoxy groups -OCH3 is 1. The normalized spacial score (nSPS) is 21.2. The molecule has 0 aromatic heterocycles. The monoisotopic (exact) mass is 312 g/mol. The van der Waals surface area contributed by atoms with Gasteiger partial charge >= 0.3 is 0 Å². The summed E-state index contributed by atoms with van der Waals surface area (Å²) in [6.07, 6.45) is 3.65. The van der Waals surface area contributed by atoms with Crippen LogP contribution < -0.4 is 0 Å². The van der Waals surface area contributed by atoms with Gasteiger partial charge in [0, 0.05) is 18.2 Å². The van der Waals surface area contributed by atoms with E-state index in [9.17, 15) is 0 Å². The van der Waals surface area contributed by atoms with Crippen LogP contribution in [0.2, 0.25) is 0 Å². The summed E-state index contributed by atoms with van der Waals surface area (Å²) < 4.78 is 5.91. The van der Waals surface area contributed by atoms with Gasteiger partial charge in [-0.2, -0.15) is 0 Å². The number of hydrogen-bond acceptors (Lipinski definition) is 1. The molecule has 0 radical (unpaired) electrons. The van der Waals surface area contributed by atoms with Crippen LogP contribution in [0, 0.1) is 5.92 Å². The van der Waals surface area contributed by atoms with Crippen molar-refractivity contribution >= 4 is 15.9 Å². The first-order valence-electron chi connectivity index (χ1n) is 6.91. The predicted octanol–water partition coefficient (Wildman–Crippen LogP) is 5.18. The van der Waals surface area contributed by atoms with Crippen LogP contribution >= 0.6 is 15.9 Å². The van der Waals surface area contributed by atoms with E-state index >= 15 is 0 Å². The summed E-state index contributed by atoms with van der Waals surface area (Å²) in [5.41, 5.74) is 3.13. The molecule has 0 saturated carbocycles. The Labute approximate surface area is 120 Å². The fourth-order valence-corrected chi connectivity index (χ4v) is 3.14. The molecule has 0 aliphatic heterocycles. The lowest BCUT2D eigenvalue weighted by Crippen LogP contribution is -2.01. The average molecular weight is 313 g/mol. The van der Waals surface area contributed by atoms with Crippen LogP contribution in [0.1, 0.15) is 50.7 Å². The third kappa shape index (κ3) is 4.10. The number of hydrogen-bond donors (Lipinski definition) is 0. The van der Waals surface area contributed by atoms with Crippen molar-refractivity contribution in [3.63, 3.8) is 0 Å². The second kappa shape index (κ2) is 7.96. The highest BCUT2D eigenvalue weighted by molar-refractivity contribution is 9.10. The summed E-state index contributed by atoms with van der Waals surface area (Å²) in [5, 5.41) is 0. The topological polar surface area (TPSA) is 9.23 Å². The molecule has 2 atom stereocenters. The molecule has 1 aromatic rings. The fourth-order valence-electron chi connectivity index (χ4n) is 2.73. The van der Waals surface area contributed by atoms with Crippen molar-refractivity contribution in [2.45, 2.75) is 46.0 Å². The Kier molecular flexibility index (Phi) is 6.95. The molecule has 1 aliphatic rings. The molecule has 2 unspecified atom stereocenters. The molecular formula is C16H25BrO. The number of halogens is 1. The molecular weight excluding hydrogens is 288 g/mol. The van der Waals surface area contributed by atoms with Gasteiger partial charge in [0.25, 0.3) is 0 Å². The largest absolute Gasteiger partial charge is 0.385 e. The van der Waals surface area contributed by atoms with E-state index in [0.29, 0.717) is 0 Å². The fraction of sp³-hybridized carbons (Fsp3) is 0.625. The molecule has 0 spiro atoms. The van der Waals surface area contributed by atoms with Crippen LogP contribution in [-0.2, 0) is 11.2 Å². The highest BCUT2D eigenvalue weighted by Crippen LogP contribution is 2.40. The van der Waals surface area contributed by atoms with Crippen molar-refractivity contribution < 1.29 is 4.74 Å². The van der Waals surface area contributed by atoms with E-state index in [1.165, 1.54) is 17.3 Å². The molecule has 0 saturated heterocycles. The van der Waals surface area contributed by atoms with Crippen LogP contribution in [0.25, 0.3) is 0 Å². The van der Waals surface area contributed by atoms with Gasteiger partial charge in [-0.15, -0.1) is 0 Å². The zero-order valence-corrected chi connectivity index (χ0v) is 13.6. The van der Waals surface area contributed by atoms with Crippen LogP contribution in [0.5, 0.6) is 0 Å². The first-order valence-corrected chi connectivity index (χ1v) is 7.70. The van der Waals surface area contributed by atoms with Gasteiger partial charge in [0.1, 0.15) is 0 Å². The minimum Gasteiger partial charge on any atom is -0.385 e. The van der Waals surface area contributed by atoms with Gasteiger partial charge in [0.05, 0.1) is 0 Å². The quantitative estimate of drug-likeness (QED) is 0.747. The summed E-state index contributed by atoms with van der Waals surface area (Å²) in [4.78, 5) is 0. The van der Waals surface area contributed by atoms with E-state index in [1.54, 1.807) is 18.2 Å². The van der Waals surface area contributed by atoms with Crippen LogP contribution in [-0.4, -0.2) is 13.7 Å². The van der Waals surface area contributed by atoms with Crippen molar-refractivity contribution in [2.24, 2.45) is 5.92 Å². The molecule has 2 rings (SSSR count). The highest BCUT2D eigenvalue weighted by atomic mass is 79.9. The molecule has 0 fully saturated rings. The molecule has 1 aromatic carbocycles. The maximum absolute atomic E-state index is 4.69. The Balaban J connectivity index is 0.000000280. The minimum absolute atomic E-state index is 0.795. The number of benzene rings is 1. The van der Waals surface area contributed by atoms with Gasteiger partial charge < -0.3 is 4.74 Å². The summed E-state index contributed by atoms with van der Waals surface area (Å²) in [6, 6.07) is 6.73. The van der Waals surface area contributed by atoms with Crippen molar-refractivity contribution in [1.29, 1.82) is 0 Å². The lowest BCUT2D eigenvalue weighted by Gasteiger charge is -2.13. The predicted molar refractivity (Wildman–Crippen MR) is 82.2 cm³/mol. The summed E-state index contributed by atoms with van der Waals surface area (Å²) in [7, 11) is 1.71. The Hall–Kier alpha value is -0.340. The Bertz CT molecular complexity index is 360. The maximum Gasteiger partial charge on any atom is 0.0459 e. The molecule has 0 bridgehead atoms. The lowest BCUT2D eigenvalue weighted by atomic mass is 9.92. The molecule has 102 valence electrons.